The molecular weight excluding hydrogens is 266 g/mol. The second-order valence-corrected chi connectivity index (χ2v) is 5.83. The minimum Gasteiger partial charge on any atom is -0.360 e. The first kappa shape index (κ1) is 13.9. The number of hydrogen-bond donors (Lipinski definition) is 1. The molecule has 0 amide bonds. The summed E-state index contributed by atoms with van der Waals surface area (Å²) >= 11 is 0. The second-order valence-electron chi connectivity index (χ2n) is 5.83. The van der Waals surface area contributed by atoms with E-state index in [1.54, 1.807) is 0 Å². The number of piperidine rings is 1. The maximum absolute atomic E-state index is 5.05. The first-order valence-corrected chi connectivity index (χ1v) is 7.41. The molecule has 0 aliphatic carbocycles. The summed E-state index contributed by atoms with van der Waals surface area (Å²) in [6.07, 6.45) is 2.51. The molecule has 3 heterocycles. The summed E-state index contributed by atoms with van der Waals surface area (Å²) in [6.45, 7) is 8.24. The Morgan fingerprint density at radius 1 is 1.29 bits per heavy atom. The Morgan fingerprint density at radius 2 is 2.14 bits per heavy atom. The zero-order valence-corrected chi connectivity index (χ0v) is 12.8. The fourth-order valence-electron chi connectivity index (χ4n) is 2.71. The van der Waals surface area contributed by atoms with Gasteiger partial charge in [0.25, 0.3) is 0 Å². The van der Waals surface area contributed by atoms with Crippen molar-refractivity contribution >= 4 is 17.6 Å². The van der Waals surface area contributed by atoms with E-state index < -0.39 is 0 Å². The molecule has 3 rings (SSSR count). The summed E-state index contributed by atoms with van der Waals surface area (Å²) in [5.41, 5.74) is 0.945. The van der Waals surface area contributed by atoms with Crippen molar-refractivity contribution in [2.75, 3.05) is 23.3 Å². The zero-order valence-electron chi connectivity index (χ0n) is 12.8. The van der Waals surface area contributed by atoms with Crippen LogP contribution in [0, 0.1) is 19.8 Å². The molecule has 0 spiro atoms. The van der Waals surface area contributed by atoms with Gasteiger partial charge in [-0.25, -0.2) is 4.98 Å². The Hall–Kier alpha value is -2.11. The number of nitrogens with zero attached hydrogens (tertiary/aromatic N) is 4. The predicted octanol–water partition coefficient (Wildman–Crippen LogP) is 3.06. The van der Waals surface area contributed by atoms with Gasteiger partial charge in [0.1, 0.15) is 11.6 Å². The van der Waals surface area contributed by atoms with Crippen LogP contribution in [0.25, 0.3) is 0 Å². The Bertz CT molecular complexity index is 624. The highest BCUT2D eigenvalue weighted by molar-refractivity contribution is 5.52. The van der Waals surface area contributed by atoms with E-state index >= 15 is 0 Å². The molecule has 1 fully saturated rings. The molecule has 112 valence electrons. The summed E-state index contributed by atoms with van der Waals surface area (Å²) in [5.74, 6) is 3.66. The van der Waals surface area contributed by atoms with Crippen LogP contribution in [-0.4, -0.2) is 28.2 Å². The molecule has 0 radical (unpaired) electrons. The van der Waals surface area contributed by atoms with E-state index in [1.165, 1.54) is 12.8 Å². The number of hydrogen-bond acceptors (Lipinski definition) is 6. The lowest BCUT2D eigenvalue weighted by Gasteiger charge is -2.32. The molecule has 1 saturated heterocycles. The monoisotopic (exact) mass is 287 g/mol. The van der Waals surface area contributed by atoms with E-state index in [-0.39, 0.29) is 0 Å². The Morgan fingerprint density at radius 3 is 2.86 bits per heavy atom. The highest BCUT2D eigenvalue weighted by Crippen LogP contribution is 2.23. The van der Waals surface area contributed by atoms with Crippen molar-refractivity contribution in [3.8, 4) is 0 Å². The molecule has 1 unspecified atom stereocenters. The van der Waals surface area contributed by atoms with E-state index in [4.69, 9.17) is 4.52 Å². The van der Waals surface area contributed by atoms with Crippen molar-refractivity contribution in [2.45, 2.75) is 33.6 Å². The molecule has 1 N–H and O–H groups in total. The first-order valence-electron chi connectivity index (χ1n) is 7.41. The van der Waals surface area contributed by atoms with Gasteiger partial charge < -0.3 is 14.7 Å². The Balaban J connectivity index is 1.82. The van der Waals surface area contributed by atoms with E-state index in [1.807, 2.05) is 26.0 Å². The predicted molar refractivity (Wildman–Crippen MR) is 81.9 cm³/mol. The van der Waals surface area contributed by atoms with Crippen molar-refractivity contribution in [2.24, 2.45) is 5.92 Å². The van der Waals surface area contributed by atoms with Gasteiger partial charge in [0, 0.05) is 30.9 Å². The summed E-state index contributed by atoms with van der Waals surface area (Å²) in [4.78, 5) is 11.4. The van der Waals surface area contributed by atoms with Crippen LogP contribution in [-0.2, 0) is 0 Å². The molecule has 2 aromatic rings. The van der Waals surface area contributed by atoms with Gasteiger partial charge in [0.05, 0.1) is 0 Å². The minimum absolute atomic E-state index is 0.566. The molecule has 1 atom stereocenters. The van der Waals surface area contributed by atoms with E-state index in [9.17, 15) is 0 Å². The van der Waals surface area contributed by atoms with Gasteiger partial charge >= 0.3 is 0 Å². The average Bonchev–Trinajstić information content (AvgIpc) is 2.83. The standard InChI is InChI=1S/C15H21N5O/c1-10-5-4-6-20(9-10)14-7-11(2)16-15(18-14)17-13-8-12(3)21-19-13/h7-8,10H,4-6,9H2,1-3H3,(H,16,17,18,19). The van der Waals surface area contributed by atoms with Crippen LogP contribution in [0.3, 0.4) is 0 Å². The normalized spacial score (nSPS) is 18.8. The summed E-state index contributed by atoms with van der Waals surface area (Å²) < 4.78 is 5.05. The quantitative estimate of drug-likeness (QED) is 0.935. The lowest BCUT2D eigenvalue weighted by molar-refractivity contribution is 0.400. The third kappa shape index (κ3) is 3.32. The van der Waals surface area contributed by atoms with Crippen molar-refractivity contribution in [3.05, 3.63) is 23.6 Å². The molecule has 6 heteroatoms. The third-order valence-electron chi connectivity index (χ3n) is 3.69. The molecule has 21 heavy (non-hydrogen) atoms. The number of anilines is 3. The fourth-order valence-corrected chi connectivity index (χ4v) is 2.71. The van der Waals surface area contributed by atoms with Gasteiger partial charge in [-0.05, 0) is 32.6 Å². The average molecular weight is 287 g/mol. The summed E-state index contributed by atoms with van der Waals surface area (Å²) in [5, 5.41) is 7.02. The van der Waals surface area contributed by atoms with Crippen LogP contribution in [0.5, 0.6) is 0 Å². The second kappa shape index (κ2) is 5.71. The molecule has 2 aromatic heterocycles. The van der Waals surface area contributed by atoms with Gasteiger partial charge in [0.15, 0.2) is 5.82 Å². The van der Waals surface area contributed by atoms with E-state index in [2.05, 4.69) is 32.3 Å². The first-order chi connectivity index (χ1) is 10.1. The van der Waals surface area contributed by atoms with Crippen molar-refractivity contribution in [1.82, 2.24) is 15.1 Å². The summed E-state index contributed by atoms with van der Waals surface area (Å²) in [6, 6.07) is 3.87. The lowest BCUT2D eigenvalue weighted by Crippen LogP contribution is -2.35. The van der Waals surface area contributed by atoms with Crippen molar-refractivity contribution in [1.29, 1.82) is 0 Å². The van der Waals surface area contributed by atoms with Crippen molar-refractivity contribution < 1.29 is 4.52 Å². The van der Waals surface area contributed by atoms with Gasteiger partial charge in [-0.1, -0.05) is 12.1 Å². The lowest BCUT2D eigenvalue weighted by atomic mass is 10.0. The molecule has 0 saturated carbocycles. The van der Waals surface area contributed by atoms with Crippen LogP contribution < -0.4 is 10.2 Å². The van der Waals surface area contributed by atoms with Gasteiger partial charge in [-0.15, -0.1) is 0 Å². The topological polar surface area (TPSA) is 67.1 Å². The largest absolute Gasteiger partial charge is 0.360 e. The molecular formula is C15H21N5O. The SMILES string of the molecule is Cc1cc(N2CCCC(C)C2)nc(Nc2cc(C)on2)n1. The van der Waals surface area contributed by atoms with Crippen LogP contribution in [0.15, 0.2) is 16.7 Å². The fraction of sp³-hybridized carbons (Fsp3) is 0.533. The highest BCUT2D eigenvalue weighted by atomic mass is 16.5. The van der Waals surface area contributed by atoms with Crippen LogP contribution in [0.2, 0.25) is 0 Å². The van der Waals surface area contributed by atoms with Crippen LogP contribution >= 0.6 is 0 Å². The van der Waals surface area contributed by atoms with Crippen LogP contribution in [0.1, 0.15) is 31.2 Å². The van der Waals surface area contributed by atoms with E-state index in [0.717, 1.165) is 30.4 Å². The molecule has 1 aliphatic rings. The minimum atomic E-state index is 0.566. The van der Waals surface area contributed by atoms with Crippen LogP contribution in [0.4, 0.5) is 17.6 Å². The molecule has 0 aromatic carbocycles. The smallest absolute Gasteiger partial charge is 0.230 e. The van der Waals surface area contributed by atoms with E-state index in [0.29, 0.717) is 17.7 Å². The molecule has 0 bridgehead atoms. The number of rotatable bonds is 3. The van der Waals surface area contributed by atoms with Gasteiger partial charge in [0.2, 0.25) is 5.95 Å². The maximum Gasteiger partial charge on any atom is 0.230 e. The Kier molecular flexibility index (Phi) is 3.77. The van der Waals surface area contributed by atoms with Crippen molar-refractivity contribution in [3.63, 3.8) is 0 Å². The molecule has 6 nitrogen and oxygen atoms in total. The zero-order chi connectivity index (χ0) is 14.8. The number of nitrogens with one attached hydrogen (secondary N) is 1. The summed E-state index contributed by atoms with van der Waals surface area (Å²) in [7, 11) is 0. The van der Waals surface area contributed by atoms with Gasteiger partial charge in [-0.3, -0.25) is 0 Å². The van der Waals surface area contributed by atoms with Gasteiger partial charge in [-0.2, -0.15) is 4.98 Å². The number of aryl methyl sites for hydroxylation is 2. The highest BCUT2D eigenvalue weighted by Gasteiger charge is 2.18. The molecule has 1 aliphatic heterocycles. The maximum atomic E-state index is 5.05. The third-order valence-corrected chi connectivity index (χ3v) is 3.69. The Labute approximate surface area is 124 Å². The number of aromatic nitrogens is 3.